The molecule has 2 N–H and O–H groups in total. The van der Waals surface area contributed by atoms with E-state index in [1.165, 1.54) is 18.5 Å². The Kier molecular flexibility index (Phi) is 4.39. The van der Waals surface area contributed by atoms with Crippen LogP contribution in [0.15, 0.2) is 69.1 Å². The summed E-state index contributed by atoms with van der Waals surface area (Å²) in [5.74, 6) is 4.43. The number of H-pyrrole nitrogens is 1. The van der Waals surface area contributed by atoms with Gasteiger partial charge in [-0.2, -0.15) is 10.1 Å². The van der Waals surface area contributed by atoms with E-state index in [4.69, 9.17) is 4.42 Å². The maximum Gasteiger partial charge on any atom is 0.285 e. The first kappa shape index (κ1) is 18.4. The van der Waals surface area contributed by atoms with Crippen LogP contribution in [-0.4, -0.2) is 37.1 Å². The molecule has 0 saturated heterocycles. The second-order valence-electron chi connectivity index (χ2n) is 7.65. The van der Waals surface area contributed by atoms with E-state index < -0.39 is 0 Å². The van der Waals surface area contributed by atoms with Gasteiger partial charge in [0.2, 0.25) is 11.8 Å². The van der Waals surface area contributed by atoms with Gasteiger partial charge in [-0.15, -0.1) is 10.2 Å². The van der Waals surface area contributed by atoms with E-state index in [2.05, 4.69) is 64.3 Å². The first-order chi connectivity index (χ1) is 15.2. The number of aromatic amines is 1. The van der Waals surface area contributed by atoms with Crippen molar-refractivity contribution < 1.29 is 4.42 Å². The molecule has 1 radical (unpaired) electrons. The summed E-state index contributed by atoms with van der Waals surface area (Å²) < 4.78 is 7.66. The van der Waals surface area contributed by atoms with Gasteiger partial charge in [-0.25, -0.2) is 0 Å². The Morgan fingerprint density at radius 1 is 1.23 bits per heavy atom. The molecule has 0 amide bonds. The van der Waals surface area contributed by atoms with E-state index >= 15 is 0 Å². The summed E-state index contributed by atoms with van der Waals surface area (Å²) in [7, 11) is 0. The van der Waals surface area contributed by atoms with Crippen molar-refractivity contribution in [3.63, 3.8) is 0 Å². The van der Waals surface area contributed by atoms with E-state index in [1.807, 2.05) is 24.5 Å². The monoisotopic (exact) mass is 432 g/mol. The Morgan fingerprint density at radius 2 is 2.10 bits per heavy atom. The normalized spacial score (nSPS) is 18.2. The molecule has 155 valence electrons. The zero-order valence-electron chi connectivity index (χ0n) is 16.8. The zero-order valence-corrected chi connectivity index (χ0v) is 17.6. The molecule has 0 bridgehead atoms. The lowest BCUT2D eigenvalue weighted by molar-refractivity contribution is 0.532. The van der Waals surface area contributed by atoms with Crippen molar-refractivity contribution in [1.82, 2.24) is 29.6 Å². The summed E-state index contributed by atoms with van der Waals surface area (Å²) >= 11 is 1.64. The number of nitrogens with zero attached hydrogens (tertiary/aromatic N) is 6. The molecule has 6 rings (SSSR count). The summed E-state index contributed by atoms with van der Waals surface area (Å²) in [5.41, 5.74) is 2.11. The molecule has 0 atom stereocenters. The first-order valence-electron chi connectivity index (χ1n) is 10.1. The molecular formula is C21H20N8OS+. The Morgan fingerprint density at radius 3 is 2.87 bits per heavy atom. The number of amidine groups is 1. The zero-order chi connectivity index (χ0) is 20.8. The van der Waals surface area contributed by atoms with Crippen LogP contribution in [0, 0.1) is 6.92 Å². The molecule has 4 heterocycles. The fraction of sp³-hybridized carbons (Fsp3) is 0.238. The molecular weight excluding hydrogens is 412 g/mol. The molecule has 0 spiro atoms. The number of hydrogen-bond acceptors (Lipinski definition) is 9. The lowest BCUT2D eigenvalue weighted by atomic mass is 10.2. The molecule has 9 nitrogen and oxygen atoms in total. The summed E-state index contributed by atoms with van der Waals surface area (Å²) in [6, 6.07) is 10.2. The third-order valence-electron chi connectivity index (χ3n) is 5.26. The van der Waals surface area contributed by atoms with Crippen LogP contribution < -0.4 is 10.2 Å². The molecule has 3 aromatic rings. The molecule has 1 fully saturated rings. The van der Waals surface area contributed by atoms with Crippen LogP contribution in [0.4, 0.5) is 5.82 Å². The minimum absolute atomic E-state index is 0.532. The van der Waals surface area contributed by atoms with Gasteiger partial charge in [0.25, 0.3) is 11.7 Å². The van der Waals surface area contributed by atoms with Crippen molar-refractivity contribution in [3.8, 4) is 11.5 Å². The number of benzene rings is 1. The lowest BCUT2D eigenvalue weighted by Gasteiger charge is -2.24. The molecule has 1 aromatic carbocycles. The molecule has 2 aliphatic heterocycles. The van der Waals surface area contributed by atoms with Crippen LogP contribution in [0.3, 0.4) is 0 Å². The third-order valence-corrected chi connectivity index (χ3v) is 6.21. The molecule has 1 aliphatic carbocycles. The average Bonchev–Trinajstić information content (AvgIpc) is 3.13. The van der Waals surface area contributed by atoms with Crippen LogP contribution in [0.25, 0.3) is 11.5 Å². The van der Waals surface area contributed by atoms with Crippen LogP contribution in [-0.2, 0) is 0 Å². The number of nitrogens with one attached hydrogen (secondary N) is 2. The highest BCUT2D eigenvalue weighted by Crippen LogP contribution is 2.39. The van der Waals surface area contributed by atoms with Gasteiger partial charge in [0, 0.05) is 35.1 Å². The van der Waals surface area contributed by atoms with Crippen molar-refractivity contribution >= 4 is 23.6 Å². The Hall–Kier alpha value is -3.37. The van der Waals surface area contributed by atoms with Gasteiger partial charge in [-0.05, 0) is 54.0 Å². The fourth-order valence-corrected chi connectivity index (χ4v) is 4.41. The van der Waals surface area contributed by atoms with E-state index in [1.54, 1.807) is 18.9 Å². The number of aliphatic imine (C=N–C) groups is 1. The minimum atomic E-state index is 0.532. The van der Waals surface area contributed by atoms with Gasteiger partial charge in [0.1, 0.15) is 6.54 Å². The predicted molar refractivity (Wildman–Crippen MR) is 118 cm³/mol. The van der Waals surface area contributed by atoms with Gasteiger partial charge < -0.3 is 4.42 Å². The molecule has 2 aromatic heterocycles. The van der Waals surface area contributed by atoms with E-state index in [0.717, 1.165) is 27.9 Å². The van der Waals surface area contributed by atoms with Gasteiger partial charge in [0.15, 0.2) is 12.0 Å². The van der Waals surface area contributed by atoms with Crippen molar-refractivity contribution in [2.45, 2.75) is 30.6 Å². The number of anilines is 1. The second-order valence-corrected chi connectivity index (χ2v) is 8.78. The number of aromatic nitrogens is 4. The number of rotatable bonds is 6. The third kappa shape index (κ3) is 3.75. The average molecular weight is 433 g/mol. The number of hydrogen-bond donors (Lipinski definition) is 2. The van der Waals surface area contributed by atoms with E-state index in [9.17, 15) is 0 Å². The maximum absolute atomic E-state index is 5.50. The van der Waals surface area contributed by atoms with Crippen molar-refractivity contribution in [3.05, 3.63) is 66.3 Å². The van der Waals surface area contributed by atoms with E-state index in [0.29, 0.717) is 24.2 Å². The summed E-state index contributed by atoms with van der Waals surface area (Å²) in [4.78, 5) is 7.67. The second kappa shape index (κ2) is 7.40. The summed E-state index contributed by atoms with van der Waals surface area (Å²) in [6.07, 6.45) is 8.35. The van der Waals surface area contributed by atoms with E-state index in [-0.39, 0.29) is 0 Å². The smallest absolute Gasteiger partial charge is 0.285 e. The van der Waals surface area contributed by atoms with Crippen LogP contribution in [0.1, 0.15) is 30.3 Å². The van der Waals surface area contributed by atoms with Crippen LogP contribution in [0.2, 0.25) is 0 Å². The largest absolute Gasteiger partial charge is 0.421 e. The SMILES string of the molecule is Cc1nnc(-c2ccc(SN3C=C(Nc4cc(C5CC5)[nH]n4)[N+]4C=CN=C4C3)cc2)o1. The molecule has 31 heavy (non-hydrogen) atoms. The van der Waals surface area contributed by atoms with Gasteiger partial charge in [0.05, 0.1) is 12.4 Å². The van der Waals surface area contributed by atoms with Gasteiger partial charge in [-0.3, -0.25) is 14.7 Å². The highest BCUT2D eigenvalue weighted by molar-refractivity contribution is 7.97. The standard InChI is InChI=1S/C21H20N8OS/c1-13-24-27-21(30-13)15-4-6-16(7-5-15)31-28-11-19-22-8-9-29(19)20(12-28)23-18-10-17(25-26-18)14-2-3-14/h4-10,12,14H,2-3,11H2,1H3,(H2,23,25,26)/q+1. The van der Waals surface area contributed by atoms with Crippen molar-refractivity contribution in [2.24, 2.45) is 4.99 Å². The van der Waals surface area contributed by atoms with Crippen molar-refractivity contribution in [1.29, 1.82) is 0 Å². The van der Waals surface area contributed by atoms with Crippen LogP contribution >= 0.6 is 11.9 Å². The molecule has 3 aliphatic rings. The molecule has 10 heteroatoms. The molecule has 1 saturated carbocycles. The minimum Gasteiger partial charge on any atom is -0.421 e. The lowest BCUT2D eigenvalue weighted by Crippen LogP contribution is -2.42. The number of aryl methyl sites for hydroxylation is 1. The van der Waals surface area contributed by atoms with Gasteiger partial charge in [-0.1, -0.05) is 0 Å². The highest BCUT2D eigenvalue weighted by atomic mass is 32.2. The Labute approximate surface area is 183 Å². The van der Waals surface area contributed by atoms with Crippen molar-refractivity contribution in [2.75, 3.05) is 11.9 Å². The predicted octanol–water partition coefficient (Wildman–Crippen LogP) is 3.90. The topological polar surface area (TPSA) is 101 Å². The quantitative estimate of drug-likeness (QED) is 0.450. The van der Waals surface area contributed by atoms with Crippen LogP contribution in [0.5, 0.6) is 0 Å². The highest BCUT2D eigenvalue weighted by Gasteiger charge is 2.37. The van der Waals surface area contributed by atoms with Gasteiger partial charge >= 0.3 is 0 Å². The molecule has 0 unspecified atom stereocenters. The number of fused-ring (bicyclic) bond motifs is 1. The maximum atomic E-state index is 5.50. The Balaban J connectivity index is 1.20. The first-order valence-corrected chi connectivity index (χ1v) is 10.9. The summed E-state index contributed by atoms with van der Waals surface area (Å²) in [6.45, 7) is 2.48. The fourth-order valence-electron chi connectivity index (χ4n) is 3.55. The summed E-state index contributed by atoms with van der Waals surface area (Å²) in [5, 5.41) is 19.0. The Bertz CT molecular complexity index is 1200.